The van der Waals surface area contributed by atoms with E-state index >= 15 is 0 Å². The Kier molecular flexibility index (Phi) is 6.22. The number of aromatic nitrogens is 3. The summed E-state index contributed by atoms with van der Waals surface area (Å²) in [4.78, 5) is 7.28. The first-order chi connectivity index (χ1) is 15.6. The molecule has 0 atom stereocenters. The van der Waals surface area contributed by atoms with Gasteiger partial charge in [-0.1, -0.05) is 59.5 Å². The molecule has 0 spiro atoms. The number of likely N-dealkylation sites (tertiary alicyclic amines) is 1. The van der Waals surface area contributed by atoms with Crippen molar-refractivity contribution < 1.29 is 0 Å². The Hall–Kier alpha value is -2.35. The molecule has 160 valence electrons. The summed E-state index contributed by atoms with van der Waals surface area (Å²) in [6.45, 7) is 2.99. The predicted molar refractivity (Wildman–Crippen MR) is 135 cm³/mol. The Balaban J connectivity index is 1.34. The van der Waals surface area contributed by atoms with Crippen LogP contribution in [-0.2, 0) is 6.54 Å². The van der Waals surface area contributed by atoms with Crippen LogP contribution in [0.15, 0.2) is 65.3 Å². The van der Waals surface area contributed by atoms with Gasteiger partial charge < -0.3 is 5.32 Å². The Bertz CT molecular complexity index is 1250. The van der Waals surface area contributed by atoms with Crippen molar-refractivity contribution >= 4 is 52.3 Å². The maximum atomic E-state index is 6.45. The first kappa shape index (κ1) is 21.5. The van der Waals surface area contributed by atoms with E-state index in [1.807, 2.05) is 47.0 Å². The van der Waals surface area contributed by atoms with Crippen molar-refractivity contribution in [2.45, 2.75) is 25.4 Å². The van der Waals surface area contributed by atoms with Gasteiger partial charge in [-0.3, -0.25) is 4.90 Å². The molecule has 2 aromatic heterocycles. The van der Waals surface area contributed by atoms with Crippen molar-refractivity contribution in [1.82, 2.24) is 19.5 Å². The number of piperidine rings is 1. The largest absolute Gasteiger partial charge is 0.367 e. The van der Waals surface area contributed by atoms with Crippen LogP contribution in [-0.4, -0.2) is 46.5 Å². The zero-order chi connectivity index (χ0) is 22.1. The number of halogens is 2. The second-order valence-corrected chi connectivity index (χ2v) is 9.44. The number of anilines is 1. The van der Waals surface area contributed by atoms with Crippen LogP contribution in [0.2, 0.25) is 5.02 Å². The Morgan fingerprint density at radius 1 is 1.09 bits per heavy atom. The van der Waals surface area contributed by atoms with E-state index in [9.17, 15) is 0 Å². The second-order valence-electron chi connectivity index (χ2n) is 8.17. The lowest BCUT2D eigenvalue weighted by atomic mass is 9.94. The summed E-state index contributed by atoms with van der Waals surface area (Å²) in [5.41, 5.74) is 4.58. The van der Waals surface area contributed by atoms with Crippen molar-refractivity contribution in [1.29, 1.82) is 0 Å². The highest BCUT2D eigenvalue weighted by Gasteiger charge is 2.21. The van der Waals surface area contributed by atoms with Gasteiger partial charge in [0, 0.05) is 42.3 Å². The third kappa shape index (κ3) is 4.56. The number of fused-ring (bicyclic) bond motifs is 1. The topological polar surface area (TPSA) is 45.5 Å². The lowest BCUT2D eigenvalue weighted by Crippen LogP contribution is -2.39. The highest BCUT2D eigenvalue weighted by molar-refractivity contribution is 9.10. The molecule has 4 aromatic rings. The van der Waals surface area contributed by atoms with Gasteiger partial charge in [-0.2, -0.15) is 9.61 Å². The smallest absolute Gasteiger partial charge is 0.172 e. The van der Waals surface area contributed by atoms with Gasteiger partial charge in [0.1, 0.15) is 13.7 Å². The third-order valence-corrected chi connectivity index (χ3v) is 6.76. The summed E-state index contributed by atoms with van der Waals surface area (Å²) in [6, 6.07) is 18.3. The summed E-state index contributed by atoms with van der Waals surface area (Å²) < 4.78 is 2.70. The maximum absolute atomic E-state index is 6.45. The summed E-state index contributed by atoms with van der Waals surface area (Å²) in [5, 5.41) is 8.90. The number of benzene rings is 2. The minimum Gasteiger partial charge on any atom is -0.367 e. The number of nitrogens with zero attached hydrogens (tertiary/aromatic N) is 4. The van der Waals surface area contributed by atoms with Gasteiger partial charge in [0.05, 0.1) is 16.4 Å². The molecule has 1 N–H and O–H groups in total. The average Bonchev–Trinajstić information content (AvgIpc) is 3.16. The molecule has 0 saturated carbocycles. The van der Waals surface area contributed by atoms with Crippen LogP contribution >= 0.6 is 27.5 Å². The predicted octanol–water partition coefficient (Wildman–Crippen LogP) is 4.68. The highest BCUT2D eigenvalue weighted by atomic mass is 79.9. The van der Waals surface area contributed by atoms with Gasteiger partial charge in [0.25, 0.3) is 0 Å². The molecule has 1 aliphatic heterocycles. The van der Waals surface area contributed by atoms with E-state index in [4.69, 9.17) is 24.4 Å². The van der Waals surface area contributed by atoms with Crippen LogP contribution in [0.5, 0.6) is 0 Å². The van der Waals surface area contributed by atoms with Crippen LogP contribution in [0.4, 0.5) is 5.82 Å². The average molecular weight is 507 g/mol. The van der Waals surface area contributed by atoms with Gasteiger partial charge >= 0.3 is 0 Å². The minimum absolute atomic E-state index is 0.361. The van der Waals surface area contributed by atoms with E-state index in [2.05, 4.69) is 43.4 Å². The number of hydrogen-bond acceptors (Lipinski definition) is 4. The van der Waals surface area contributed by atoms with Crippen LogP contribution in [0.1, 0.15) is 18.4 Å². The fourth-order valence-corrected chi connectivity index (χ4v) is 4.82. The van der Waals surface area contributed by atoms with Gasteiger partial charge in [0.2, 0.25) is 0 Å². The molecule has 0 amide bonds. The monoisotopic (exact) mass is 505 g/mol. The zero-order valence-corrected chi connectivity index (χ0v) is 19.9. The first-order valence-electron chi connectivity index (χ1n) is 10.7. The Labute approximate surface area is 202 Å². The van der Waals surface area contributed by atoms with E-state index in [1.54, 1.807) is 6.20 Å². The molecule has 2 radical (unpaired) electrons. The van der Waals surface area contributed by atoms with Crippen molar-refractivity contribution in [2.24, 2.45) is 0 Å². The normalized spacial score (nSPS) is 15.3. The van der Waals surface area contributed by atoms with E-state index in [0.717, 1.165) is 65.1 Å². The number of nitrogens with one attached hydrogen (secondary N) is 1. The van der Waals surface area contributed by atoms with E-state index < -0.39 is 0 Å². The van der Waals surface area contributed by atoms with Crippen molar-refractivity contribution in [3.05, 3.63) is 75.9 Å². The molecule has 0 unspecified atom stereocenters. The molecular weight excluding hydrogens is 484 g/mol. The van der Waals surface area contributed by atoms with E-state index in [1.165, 1.54) is 5.56 Å². The molecule has 5 rings (SSSR count). The summed E-state index contributed by atoms with van der Waals surface area (Å²) in [7, 11) is 5.93. The highest BCUT2D eigenvalue weighted by Crippen LogP contribution is 2.31. The van der Waals surface area contributed by atoms with E-state index in [-0.39, 0.29) is 0 Å². The quantitative estimate of drug-likeness (QED) is 0.399. The Morgan fingerprint density at radius 2 is 1.91 bits per heavy atom. The third-order valence-electron chi connectivity index (χ3n) is 5.88. The summed E-state index contributed by atoms with van der Waals surface area (Å²) in [5.74, 6) is 0.921. The lowest BCUT2D eigenvalue weighted by molar-refractivity contribution is 0.211. The summed E-state index contributed by atoms with van der Waals surface area (Å²) >= 11 is 10.0. The Morgan fingerprint density at radius 3 is 2.69 bits per heavy atom. The van der Waals surface area contributed by atoms with Gasteiger partial charge in [0.15, 0.2) is 5.65 Å². The van der Waals surface area contributed by atoms with Crippen LogP contribution in [0.25, 0.3) is 16.9 Å². The molecule has 0 aliphatic carbocycles. The standard InChI is InChI=1S/C24H22BBrClN5/c25-17-5-3-4-16(12-17)15-31-10-8-18(9-11-31)29-23-13-22(19-6-1-2-7-21(19)27)30-24-20(26)14-28-32(23)24/h1-7,12-14,18,29H,8-11,15H2. The molecular formula is C24H22BBrClN5. The van der Waals surface area contributed by atoms with Gasteiger partial charge in [-0.05, 0) is 40.4 Å². The zero-order valence-electron chi connectivity index (χ0n) is 17.5. The molecule has 1 aliphatic rings. The number of hydrogen-bond donors (Lipinski definition) is 1. The molecule has 2 aromatic carbocycles. The molecule has 32 heavy (non-hydrogen) atoms. The van der Waals surface area contributed by atoms with Gasteiger partial charge in [-0.15, -0.1) is 0 Å². The molecule has 1 fully saturated rings. The molecule has 3 heterocycles. The molecule has 5 nitrogen and oxygen atoms in total. The van der Waals surface area contributed by atoms with Crippen molar-refractivity contribution in [2.75, 3.05) is 18.4 Å². The van der Waals surface area contributed by atoms with E-state index in [0.29, 0.717) is 11.1 Å². The minimum atomic E-state index is 0.361. The molecule has 8 heteroatoms. The first-order valence-corrected chi connectivity index (χ1v) is 11.9. The van der Waals surface area contributed by atoms with Crippen molar-refractivity contribution in [3.63, 3.8) is 0 Å². The summed E-state index contributed by atoms with van der Waals surface area (Å²) in [6.07, 6.45) is 3.88. The van der Waals surface area contributed by atoms with Crippen molar-refractivity contribution in [3.8, 4) is 11.3 Å². The molecule has 0 bridgehead atoms. The number of rotatable bonds is 5. The SMILES string of the molecule is [B]c1cccc(CN2CCC(Nc3cc(-c4ccccc4Cl)nc4c(Br)cnn34)CC2)c1. The fourth-order valence-electron chi connectivity index (χ4n) is 4.24. The maximum Gasteiger partial charge on any atom is 0.172 e. The van der Waals surface area contributed by atoms with Crippen LogP contribution < -0.4 is 10.8 Å². The van der Waals surface area contributed by atoms with Gasteiger partial charge in [-0.25, -0.2) is 4.98 Å². The van der Waals surface area contributed by atoms with Crippen LogP contribution in [0.3, 0.4) is 0 Å². The van der Waals surface area contributed by atoms with Crippen LogP contribution in [0, 0.1) is 0 Å². The lowest BCUT2D eigenvalue weighted by Gasteiger charge is -2.33. The fraction of sp³-hybridized carbons (Fsp3) is 0.250. The second kappa shape index (κ2) is 9.26. The molecule has 1 saturated heterocycles.